The largest absolute Gasteiger partial charge is 0.493 e. The van der Waals surface area contributed by atoms with Gasteiger partial charge < -0.3 is 28.6 Å². The van der Waals surface area contributed by atoms with Crippen molar-refractivity contribution in [1.29, 1.82) is 0 Å². The molecule has 1 N–H and O–H groups in total. The van der Waals surface area contributed by atoms with E-state index in [-0.39, 0.29) is 0 Å². The first-order chi connectivity index (χ1) is 17.4. The van der Waals surface area contributed by atoms with E-state index in [1.54, 1.807) is 33.5 Å². The zero-order valence-corrected chi connectivity index (χ0v) is 21.8. The van der Waals surface area contributed by atoms with Gasteiger partial charge in [0.2, 0.25) is 17.5 Å². The molecule has 196 valence electrons. The van der Waals surface area contributed by atoms with Crippen LogP contribution < -0.4 is 14.2 Å². The SMILES string of the molecule is COc1cc(-c2noc(CCN(Cc3ccccc3)C[C@H](O)COCC(C)C)n2)cc(OC)c1OC. The standard InChI is InChI=1S/C27H37N3O6/c1-19(2)17-35-18-22(31)16-30(15-20-9-7-6-8-10-20)12-11-25-28-27(29-36-25)21-13-23(32-3)26(34-5)24(14-21)33-4/h6-10,13-14,19,22,31H,11-12,15-18H2,1-5H3/t22-/m0/s1. The third kappa shape index (κ3) is 7.94. The third-order valence-corrected chi connectivity index (χ3v) is 5.51. The minimum Gasteiger partial charge on any atom is -0.493 e. The lowest BCUT2D eigenvalue weighted by molar-refractivity contribution is 0.00680. The number of methoxy groups -OCH3 is 3. The van der Waals surface area contributed by atoms with E-state index in [9.17, 15) is 5.11 Å². The van der Waals surface area contributed by atoms with Crippen molar-refractivity contribution in [3.8, 4) is 28.6 Å². The smallest absolute Gasteiger partial charge is 0.228 e. The predicted octanol–water partition coefficient (Wildman–Crippen LogP) is 3.84. The van der Waals surface area contributed by atoms with Crippen LogP contribution in [0.2, 0.25) is 0 Å². The van der Waals surface area contributed by atoms with Crippen molar-refractivity contribution in [3.05, 3.63) is 53.9 Å². The molecule has 0 aliphatic carbocycles. The molecule has 3 aromatic rings. The summed E-state index contributed by atoms with van der Waals surface area (Å²) in [6.45, 7) is 6.90. The highest BCUT2D eigenvalue weighted by Crippen LogP contribution is 2.40. The van der Waals surface area contributed by atoms with E-state index < -0.39 is 6.10 Å². The zero-order chi connectivity index (χ0) is 25.9. The summed E-state index contributed by atoms with van der Waals surface area (Å²) in [5, 5.41) is 14.7. The van der Waals surface area contributed by atoms with Crippen molar-refractivity contribution >= 4 is 0 Å². The Morgan fingerprint density at radius 1 is 0.972 bits per heavy atom. The van der Waals surface area contributed by atoms with Gasteiger partial charge in [0.15, 0.2) is 11.5 Å². The quantitative estimate of drug-likeness (QED) is 0.334. The summed E-state index contributed by atoms with van der Waals surface area (Å²) in [5.41, 5.74) is 1.86. The van der Waals surface area contributed by atoms with Gasteiger partial charge in [0.1, 0.15) is 0 Å². The Morgan fingerprint density at radius 2 is 1.67 bits per heavy atom. The van der Waals surface area contributed by atoms with Crippen LogP contribution in [-0.4, -0.2) is 73.9 Å². The maximum atomic E-state index is 10.5. The molecule has 0 amide bonds. The van der Waals surface area contributed by atoms with Crippen LogP contribution in [0.3, 0.4) is 0 Å². The Hall–Kier alpha value is -3.14. The zero-order valence-electron chi connectivity index (χ0n) is 21.8. The van der Waals surface area contributed by atoms with Crippen molar-refractivity contribution in [1.82, 2.24) is 15.0 Å². The summed E-state index contributed by atoms with van der Waals surface area (Å²) in [6, 6.07) is 13.7. The van der Waals surface area contributed by atoms with E-state index in [1.165, 1.54) is 0 Å². The first kappa shape index (κ1) is 27.4. The van der Waals surface area contributed by atoms with Crippen molar-refractivity contribution in [2.24, 2.45) is 5.92 Å². The molecule has 0 saturated carbocycles. The molecule has 0 saturated heterocycles. The van der Waals surface area contributed by atoms with E-state index in [2.05, 4.69) is 41.0 Å². The highest BCUT2D eigenvalue weighted by Gasteiger charge is 2.19. The molecule has 0 unspecified atom stereocenters. The number of ether oxygens (including phenoxy) is 4. The van der Waals surface area contributed by atoms with Gasteiger partial charge in [-0.3, -0.25) is 4.90 Å². The second-order valence-electron chi connectivity index (χ2n) is 8.98. The number of benzene rings is 2. The fourth-order valence-electron chi connectivity index (χ4n) is 3.80. The Morgan fingerprint density at radius 3 is 2.28 bits per heavy atom. The van der Waals surface area contributed by atoms with Crippen LogP contribution in [0.1, 0.15) is 25.3 Å². The van der Waals surface area contributed by atoms with E-state index in [0.29, 0.717) is 79.7 Å². The number of hydrogen-bond acceptors (Lipinski definition) is 9. The Kier molecular flexibility index (Phi) is 10.5. The molecule has 3 rings (SSSR count). The summed E-state index contributed by atoms with van der Waals surface area (Å²) in [7, 11) is 4.68. The molecule has 0 bridgehead atoms. The van der Waals surface area contributed by atoms with Gasteiger partial charge >= 0.3 is 0 Å². The average Bonchev–Trinajstić information content (AvgIpc) is 3.36. The summed E-state index contributed by atoms with van der Waals surface area (Å²) in [4.78, 5) is 6.74. The number of aliphatic hydroxyl groups excluding tert-OH is 1. The first-order valence-corrected chi connectivity index (χ1v) is 12.1. The summed E-state index contributed by atoms with van der Waals surface area (Å²) >= 11 is 0. The molecule has 9 heteroatoms. The molecule has 0 spiro atoms. The normalized spacial score (nSPS) is 12.2. The molecular formula is C27H37N3O6. The second-order valence-corrected chi connectivity index (χ2v) is 8.98. The minimum atomic E-state index is -0.593. The third-order valence-electron chi connectivity index (χ3n) is 5.51. The van der Waals surface area contributed by atoms with E-state index >= 15 is 0 Å². The van der Waals surface area contributed by atoms with E-state index in [4.69, 9.17) is 23.5 Å². The average molecular weight is 500 g/mol. The molecule has 0 radical (unpaired) electrons. The lowest BCUT2D eigenvalue weighted by Gasteiger charge is -2.25. The van der Waals surface area contributed by atoms with Gasteiger partial charge in [0.25, 0.3) is 0 Å². The maximum Gasteiger partial charge on any atom is 0.228 e. The van der Waals surface area contributed by atoms with Gasteiger partial charge in [0.05, 0.1) is 34.0 Å². The van der Waals surface area contributed by atoms with Crippen LogP contribution in [0.15, 0.2) is 47.0 Å². The number of hydrogen-bond donors (Lipinski definition) is 1. The Bertz CT molecular complexity index is 1030. The first-order valence-electron chi connectivity index (χ1n) is 12.1. The van der Waals surface area contributed by atoms with Gasteiger partial charge in [-0.15, -0.1) is 0 Å². The Labute approximate surface area is 212 Å². The number of nitrogens with zero attached hydrogens (tertiary/aromatic N) is 3. The van der Waals surface area contributed by atoms with Crippen LogP contribution in [-0.2, 0) is 17.7 Å². The molecule has 36 heavy (non-hydrogen) atoms. The summed E-state index contributed by atoms with van der Waals surface area (Å²) < 4.78 is 27.4. The Balaban J connectivity index is 1.68. The topological polar surface area (TPSA) is 99.3 Å². The molecule has 0 aliphatic rings. The molecule has 1 atom stereocenters. The number of rotatable bonds is 15. The van der Waals surface area contributed by atoms with Crippen LogP contribution in [0.25, 0.3) is 11.4 Å². The van der Waals surface area contributed by atoms with Gasteiger partial charge in [0, 0.05) is 38.2 Å². The molecular weight excluding hydrogens is 462 g/mol. The highest BCUT2D eigenvalue weighted by molar-refractivity contribution is 5.66. The van der Waals surface area contributed by atoms with Crippen LogP contribution in [0.5, 0.6) is 17.2 Å². The predicted molar refractivity (Wildman–Crippen MR) is 136 cm³/mol. The van der Waals surface area contributed by atoms with Crippen LogP contribution in [0, 0.1) is 5.92 Å². The lowest BCUT2D eigenvalue weighted by Crippen LogP contribution is -2.36. The van der Waals surface area contributed by atoms with Crippen LogP contribution in [0.4, 0.5) is 0 Å². The number of aliphatic hydroxyl groups is 1. The fraction of sp³-hybridized carbons (Fsp3) is 0.481. The van der Waals surface area contributed by atoms with E-state index in [1.807, 2.05) is 18.2 Å². The molecule has 2 aromatic carbocycles. The van der Waals surface area contributed by atoms with Crippen molar-refractivity contribution in [3.63, 3.8) is 0 Å². The van der Waals surface area contributed by atoms with Gasteiger partial charge in [-0.1, -0.05) is 49.3 Å². The van der Waals surface area contributed by atoms with Crippen molar-refractivity contribution in [2.75, 3.05) is 47.6 Å². The lowest BCUT2D eigenvalue weighted by atomic mass is 10.1. The second kappa shape index (κ2) is 13.8. The van der Waals surface area contributed by atoms with Gasteiger partial charge in [-0.2, -0.15) is 4.98 Å². The van der Waals surface area contributed by atoms with Gasteiger partial charge in [-0.25, -0.2) is 0 Å². The molecule has 0 fully saturated rings. The van der Waals surface area contributed by atoms with Gasteiger partial charge in [-0.05, 0) is 23.6 Å². The summed E-state index contributed by atoms with van der Waals surface area (Å²) in [5.74, 6) is 2.89. The fourth-order valence-corrected chi connectivity index (χ4v) is 3.80. The maximum absolute atomic E-state index is 10.5. The monoisotopic (exact) mass is 499 g/mol. The van der Waals surface area contributed by atoms with Crippen molar-refractivity contribution in [2.45, 2.75) is 32.9 Å². The van der Waals surface area contributed by atoms with Crippen molar-refractivity contribution < 1.29 is 28.6 Å². The van der Waals surface area contributed by atoms with Crippen LogP contribution >= 0.6 is 0 Å². The number of aromatic nitrogens is 2. The highest BCUT2D eigenvalue weighted by atomic mass is 16.5. The minimum absolute atomic E-state index is 0.301. The van der Waals surface area contributed by atoms with E-state index in [0.717, 1.165) is 5.56 Å². The molecule has 1 heterocycles. The molecule has 1 aromatic heterocycles. The molecule has 9 nitrogen and oxygen atoms in total. The molecule has 0 aliphatic heterocycles. The summed E-state index contributed by atoms with van der Waals surface area (Å²) in [6.07, 6.45) is -0.0611.